The van der Waals surface area contributed by atoms with Crippen molar-refractivity contribution >= 4 is 34.8 Å². The Bertz CT molecular complexity index is 582. The van der Waals surface area contributed by atoms with E-state index in [4.69, 9.17) is 0 Å². The number of hydrogen-bond acceptors (Lipinski definition) is 4. The number of piperidine rings is 1. The summed E-state index contributed by atoms with van der Waals surface area (Å²) in [6, 6.07) is 9.99. The van der Waals surface area contributed by atoms with Crippen LogP contribution in [0.2, 0.25) is 0 Å². The van der Waals surface area contributed by atoms with Crippen LogP contribution in [-0.2, 0) is 4.79 Å². The zero-order valence-corrected chi connectivity index (χ0v) is 13.2. The first kappa shape index (κ1) is 15.9. The zero-order valence-electron chi connectivity index (χ0n) is 11.5. The zero-order chi connectivity index (χ0) is 13.8. The van der Waals surface area contributed by atoms with Crippen molar-refractivity contribution in [2.45, 2.75) is 12.8 Å². The molecule has 112 valence electrons. The molecule has 0 aliphatic carbocycles. The molecule has 2 N–H and O–H groups in total. The van der Waals surface area contributed by atoms with Crippen molar-refractivity contribution in [2.24, 2.45) is 5.92 Å². The number of carbonyl (C=O) groups is 1. The van der Waals surface area contributed by atoms with Crippen molar-refractivity contribution in [2.75, 3.05) is 18.4 Å². The van der Waals surface area contributed by atoms with Crippen LogP contribution in [0.3, 0.4) is 0 Å². The highest BCUT2D eigenvalue weighted by Gasteiger charge is 2.21. The number of aromatic nitrogens is 1. The molecule has 6 heteroatoms. The molecule has 0 saturated carbocycles. The molecule has 0 spiro atoms. The molecular formula is C15H18ClN3OS. The van der Waals surface area contributed by atoms with E-state index in [1.807, 2.05) is 35.7 Å². The Kier molecular flexibility index (Phi) is 5.73. The van der Waals surface area contributed by atoms with Crippen LogP contribution in [0.5, 0.6) is 0 Å². The molecule has 2 heterocycles. The van der Waals surface area contributed by atoms with Crippen LogP contribution >= 0.6 is 23.7 Å². The summed E-state index contributed by atoms with van der Waals surface area (Å²) in [5.74, 6) is 0.138. The van der Waals surface area contributed by atoms with Gasteiger partial charge in [0.25, 0.3) is 0 Å². The maximum absolute atomic E-state index is 12.1. The fourth-order valence-corrected chi connectivity index (χ4v) is 3.08. The third-order valence-electron chi connectivity index (χ3n) is 3.47. The number of amides is 1. The molecular weight excluding hydrogens is 306 g/mol. The minimum absolute atomic E-state index is 0. The monoisotopic (exact) mass is 323 g/mol. The van der Waals surface area contributed by atoms with Crippen LogP contribution in [0.15, 0.2) is 35.7 Å². The highest BCUT2D eigenvalue weighted by molar-refractivity contribution is 7.14. The Labute approximate surface area is 134 Å². The smallest absolute Gasteiger partial charge is 0.230 e. The topological polar surface area (TPSA) is 54.0 Å². The second kappa shape index (κ2) is 7.54. The number of nitrogens with zero attached hydrogens (tertiary/aromatic N) is 1. The van der Waals surface area contributed by atoms with E-state index < -0.39 is 0 Å². The standard InChI is InChI=1S/C15H17N3OS.ClH/c19-14(12-7-4-8-16-9-12)18-15-17-13(10-20-15)11-5-2-1-3-6-11;/h1-3,5-6,10,12,16H,4,7-9H2,(H,17,18,19);1H. The molecule has 1 aliphatic heterocycles. The van der Waals surface area contributed by atoms with Gasteiger partial charge in [-0.1, -0.05) is 30.3 Å². The van der Waals surface area contributed by atoms with Crippen molar-refractivity contribution in [3.8, 4) is 11.3 Å². The van der Waals surface area contributed by atoms with Crippen LogP contribution in [0, 0.1) is 5.92 Å². The summed E-state index contributed by atoms with van der Waals surface area (Å²) < 4.78 is 0. The quantitative estimate of drug-likeness (QED) is 0.912. The molecule has 1 aliphatic rings. The van der Waals surface area contributed by atoms with E-state index in [0.717, 1.165) is 37.2 Å². The van der Waals surface area contributed by atoms with Gasteiger partial charge in [-0.3, -0.25) is 4.79 Å². The van der Waals surface area contributed by atoms with Crippen LogP contribution in [0.1, 0.15) is 12.8 Å². The van der Waals surface area contributed by atoms with E-state index in [1.54, 1.807) is 0 Å². The Morgan fingerprint density at radius 3 is 2.86 bits per heavy atom. The highest BCUT2D eigenvalue weighted by atomic mass is 35.5. The highest BCUT2D eigenvalue weighted by Crippen LogP contribution is 2.25. The van der Waals surface area contributed by atoms with Gasteiger partial charge in [0.1, 0.15) is 0 Å². The minimum Gasteiger partial charge on any atom is -0.316 e. The maximum Gasteiger partial charge on any atom is 0.230 e. The summed E-state index contributed by atoms with van der Waals surface area (Å²) in [4.78, 5) is 16.6. The summed E-state index contributed by atoms with van der Waals surface area (Å²) in [6.07, 6.45) is 2.01. The van der Waals surface area contributed by atoms with Crippen LogP contribution in [-0.4, -0.2) is 24.0 Å². The second-order valence-corrected chi connectivity index (χ2v) is 5.79. The molecule has 1 unspecified atom stereocenters. The van der Waals surface area contributed by atoms with E-state index >= 15 is 0 Å². The summed E-state index contributed by atoms with van der Waals surface area (Å²) in [6.45, 7) is 1.78. The molecule has 2 aromatic rings. The number of halogens is 1. The minimum atomic E-state index is 0. The van der Waals surface area contributed by atoms with Crippen LogP contribution < -0.4 is 10.6 Å². The lowest BCUT2D eigenvalue weighted by Crippen LogP contribution is -2.37. The van der Waals surface area contributed by atoms with E-state index in [-0.39, 0.29) is 24.2 Å². The number of anilines is 1. The van der Waals surface area contributed by atoms with Crippen molar-refractivity contribution in [1.82, 2.24) is 10.3 Å². The van der Waals surface area contributed by atoms with Gasteiger partial charge in [0.2, 0.25) is 5.91 Å². The Morgan fingerprint density at radius 1 is 1.33 bits per heavy atom. The number of benzene rings is 1. The lowest BCUT2D eigenvalue weighted by Gasteiger charge is -2.21. The summed E-state index contributed by atoms with van der Waals surface area (Å²) in [5.41, 5.74) is 1.98. The number of hydrogen-bond donors (Lipinski definition) is 2. The molecule has 0 radical (unpaired) electrons. The van der Waals surface area contributed by atoms with E-state index in [0.29, 0.717) is 5.13 Å². The number of thiazole rings is 1. The first-order chi connectivity index (χ1) is 9.83. The largest absolute Gasteiger partial charge is 0.316 e. The molecule has 1 fully saturated rings. The van der Waals surface area contributed by atoms with E-state index in [1.165, 1.54) is 11.3 Å². The molecule has 1 aromatic heterocycles. The van der Waals surface area contributed by atoms with Crippen molar-refractivity contribution < 1.29 is 4.79 Å². The third kappa shape index (κ3) is 4.03. The van der Waals surface area contributed by atoms with Gasteiger partial charge in [0.05, 0.1) is 11.6 Å². The molecule has 0 bridgehead atoms. The van der Waals surface area contributed by atoms with Gasteiger partial charge in [0.15, 0.2) is 5.13 Å². The van der Waals surface area contributed by atoms with Crippen molar-refractivity contribution in [3.05, 3.63) is 35.7 Å². The molecule has 3 rings (SSSR count). The maximum atomic E-state index is 12.1. The van der Waals surface area contributed by atoms with Gasteiger partial charge in [-0.25, -0.2) is 4.98 Å². The van der Waals surface area contributed by atoms with Crippen molar-refractivity contribution in [3.63, 3.8) is 0 Å². The van der Waals surface area contributed by atoms with Crippen LogP contribution in [0.25, 0.3) is 11.3 Å². The molecule has 21 heavy (non-hydrogen) atoms. The van der Waals surface area contributed by atoms with Crippen LogP contribution in [0.4, 0.5) is 5.13 Å². The SMILES string of the molecule is Cl.O=C(Nc1nc(-c2ccccc2)cs1)C1CCCNC1. The van der Waals surface area contributed by atoms with Gasteiger partial charge < -0.3 is 10.6 Å². The first-order valence-electron chi connectivity index (χ1n) is 6.85. The summed E-state index contributed by atoms with van der Waals surface area (Å²) in [5, 5.41) is 8.84. The Balaban J connectivity index is 0.00000161. The molecule has 1 aromatic carbocycles. The van der Waals surface area contributed by atoms with E-state index in [2.05, 4.69) is 15.6 Å². The van der Waals surface area contributed by atoms with E-state index in [9.17, 15) is 4.79 Å². The van der Waals surface area contributed by atoms with Gasteiger partial charge in [0, 0.05) is 17.5 Å². The van der Waals surface area contributed by atoms with Gasteiger partial charge in [-0.15, -0.1) is 23.7 Å². The lowest BCUT2D eigenvalue weighted by molar-refractivity contribution is -0.120. The predicted octanol–water partition coefficient (Wildman–Crippen LogP) is 3.17. The third-order valence-corrected chi connectivity index (χ3v) is 4.23. The average molecular weight is 324 g/mol. The molecule has 4 nitrogen and oxygen atoms in total. The predicted molar refractivity (Wildman–Crippen MR) is 89.0 cm³/mol. The molecule has 1 atom stereocenters. The average Bonchev–Trinajstić information content (AvgIpc) is 2.97. The summed E-state index contributed by atoms with van der Waals surface area (Å²) >= 11 is 1.47. The summed E-state index contributed by atoms with van der Waals surface area (Å²) in [7, 11) is 0. The van der Waals surface area contributed by atoms with Gasteiger partial charge in [-0.2, -0.15) is 0 Å². The number of rotatable bonds is 3. The van der Waals surface area contributed by atoms with Gasteiger partial charge in [-0.05, 0) is 19.4 Å². The normalized spacial score (nSPS) is 17.8. The fourth-order valence-electron chi connectivity index (χ4n) is 2.36. The second-order valence-electron chi connectivity index (χ2n) is 4.94. The molecule has 1 amide bonds. The number of carbonyl (C=O) groups excluding carboxylic acids is 1. The van der Waals surface area contributed by atoms with Gasteiger partial charge >= 0.3 is 0 Å². The Hall–Kier alpha value is -1.43. The Morgan fingerprint density at radius 2 is 2.14 bits per heavy atom. The fraction of sp³-hybridized carbons (Fsp3) is 0.333. The lowest BCUT2D eigenvalue weighted by atomic mass is 9.99. The molecule has 1 saturated heterocycles. The van der Waals surface area contributed by atoms with Crippen molar-refractivity contribution in [1.29, 1.82) is 0 Å². The number of nitrogens with one attached hydrogen (secondary N) is 2. The first-order valence-corrected chi connectivity index (χ1v) is 7.73.